The van der Waals surface area contributed by atoms with Crippen LogP contribution in [0.25, 0.3) is 0 Å². The molecule has 6 heteroatoms. The molecule has 0 saturated heterocycles. The maximum Gasteiger partial charge on any atom is 0.340 e. The van der Waals surface area contributed by atoms with Crippen molar-refractivity contribution in [3.8, 4) is 11.8 Å². The largest absolute Gasteiger partial charge is 0.496 e. The van der Waals surface area contributed by atoms with Crippen LogP contribution in [0.5, 0.6) is 5.75 Å². The number of hydrogen-bond acceptors (Lipinski definition) is 6. The summed E-state index contributed by atoms with van der Waals surface area (Å²) in [6.07, 6.45) is 2.93. The third kappa shape index (κ3) is 3.57. The molecule has 0 radical (unpaired) electrons. The lowest BCUT2D eigenvalue weighted by molar-refractivity contribution is -0.144. The zero-order valence-electron chi connectivity index (χ0n) is 15.8. The van der Waals surface area contributed by atoms with Crippen LogP contribution < -0.4 is 4.74 Å². The van der Waals surface area contributed by atoms with Crippen molar-refractivity contribution in [1.29, 1.82) is 5.26 Å². The molecule has 0 spiro atoms. The van der Waals surface area contributed by atoms with Gasteiger partial charge < -0.3 is 14.2 Å². The van der Waals surface area contributed by atoms with Crippen LogP contribution in [0, 0.1) is 24.2 Å². The Morgan fingerprint density at radius 2 is 2.12 bits per heavy atom. The molecule has 2 rings (SSSR count). The Bertz CT molecular complexity index is 817. The van der Waals surface area contributed by atoms with Crippen LogP contribution in [0.2, 0.25) is 0 Å². The molecule has 0 aromatic heterocycles. The Kier molecular flexibility index (Phi) is 6.04. The molecular formula is C20H23NO5. The van der Waals surface area contributed by atoms with Crippen molar-refractivity contribution in [2.75, 3.05) is 14.2 Å². The molecule has 26 heavy (non-hydrogen) atoms. The molecule has 6 nitrogen and oxygen atoms in total. The number of carbonyl (C=O) groups is 2. The van der Waals surface area contributed by atoms with Crippen LogP contribution in [0.1, 0.15) is 52.9 Å². The Morgan fingerprint density at radius 3 is 2.69 bits per heavy atom. The first-order chi connectivity index (χ1) is 12.3. The number of methoxy groups -OCH3 is 2. The zero-order valence-corrected chi connectivity index (χ0v) is 15.8. The summed E-state index contributed by atoms with van der Waals surface area (Å²) in [4.78, 5) is 23.6. The summed E-state index contributed by atoms with van der Waals surface area (Å²) in [5, 5.41) is 9.63. The molecule has 0 amide bonds. The molecular weight excluding hydrogens is 334 g/mol. The van der Waals surface area contributed by atoms with Gasteiger partial charge in [-0.05, 0) is 32.3 Å². The van der Waals surface area contributed by atoms with E-state index < -0.39 is 5.97 Å². The van der Waals surface area contributed by atoms with Gasteiger partial charge in [0, 0.05) is 11.1 Å². The molecule has 0 saturated carbocycles. The minimum atomic E-state index is -0.469. The van der Waals surface area contributed by atoms with Crippen molar-refractivity contribution in [1.82, 2.24) is 0 Å². The van der Waals surface area contributed by atoms with Crippen LogP contribution in [0.4, 0.5) is 0 Å². The maximum atomic E-state index is 12.1. The minimum Gasteiger partial charge on any atom is -0.496 e. The van der Waals surface area contributed by atoms with Crippen molar-refractivity contribution in [3.05, 3.63) is 39.5 Å². The van der Waals surface area contributed by atoms with Gasteiger partial charge in [-0.3, -0.25) is 4.79 Å². The van der Waals surface area contributed by atoms with Crippen molar-refractivity contribution < 1.29 is 23.8 Å². The van der Waals surface area contributed by atoms with Gasteiger partial charge in [-0.25, -0.2) is 4.79 Å². The van der Waals surface area contributed by atoms with Crippen LogP contribution in [0.3, 0.4) is 0 Å². The summed E-state index contributed by atoms with van der Waals surface area (Å²) < 4.78 is 15.4. The van der Waals surface area contributed by atoms with E-state index in [1.807, 2.05) is 19.9 Å². The highest BCUT2D eigenvalue weighted by Crippen LogP contribution is 2.37. The maximum absolute atomic E-state index is 12.1. The number of rotatable bonds is 6. The molecule has 1 atom stereocenters. The van der Waals surface area contributed by atoms with E-state index in [0.29, 0.717) is 40.8 Å². The Hall–Kier alpha value is -2.81. The second-order valence-corrected chi connectivity index (χ2v) is 6.44. The van der Waals surface area contributed by atoms with Gasteiger partial charge in [-0.15, -0.1) is 0 Å². The van der Waals surface area contributed by atoms with Gasteiger partial charge in [0.1, 0.15) is 18.4 Å². The van der Waals surface area contributed by atoms with E-state index in [1.54, 1.807) is 14.0 Å². The molecule has 138 valence electrons. The van der Waals surface area contributed by atoms with Crippen molar-refractivity contribution in [2.45, 2.75) is 40.2 Å². The van der Waals surface area contributed by atoms with Gasteiger partial charge >= 0.3 is 11.9 Å². The standard InChI is InChI=1S/C20H23NO5/c1-11(8-12(2)19(22)25-5)6-7-14-15(9-21)17-16(10-26-20(17)23)13(3)18(14)24-4/h6,12H,7-8,10H2,1-5H3/t12-/m0/s1. The molecule has 0 unspecified atom stereocenters. The van der Waals surface area contributed by atoms with Crippen LogP contribution in [0.15, 0.2) is 11.6 Å². The fourth-order valence-electron chi connectivity index (χ4n) is 3.30. The molecule has 1 aromatic carbocycles. The fourth-order valence-corrected chi connectivity index (χ4v) is 3.30. The summed E-state index contributed by atoms with van der Waals surface area (Å²) in [6, 6.07) is 2.14. The molecule has 1 aliphatic heterocycles. The fraction of sp³-hybridized carbons (Fsp3) is 0.450. The van der Waals surface area contributed by atoms with Crippen LogP contribution in [-0.4, -0.2) is 26.2 Å². The molecule has 1 aliphatic rings. The zero-order chi connectivity index (χ0) is 19.4. The summed E-state index contributed by atoms with van der Waals surface area (Å²) in [6.45, 7) is 5.75. The molecule has 0 aliphatic carbocycles. The van der Waals surface area contributed by atoms with Crippen molar-refractivity contribution in [3.63, 3.8) is 0 Å². The lowest BCUT2D eigenvalue weighted by Crippen LogP contribution is -2.13. The van der Waals surface area contributed by atoms with E-state index in [0.717, 1.165) is 11.1 Å². The lowest BCUT2D eigenvalue weighted by Gasteiger charge is -2.16. The van der Waals surface area contributed by atoms with Gasteiger partial charge in [0.05, 0.1) is 31.3 Å². The van der Waals surface area contributed by atoms with Crippen LogP contribution in [-0.2, 0) is 27.3 Å². The Balaban J connectivity index is 2.41. The number of nitriles is 1. The third-order valence-electron chi connectivity index (χ3n) is 4.67. The van der Waals surface area contributed by atoms with E-state index in [4.69, 9.17) is 14.2 Å². The van der Waals surface area contributed by atoms with Gasteiger partial charge in [-0.2, -0.15) is 5.26 Å². The molecule has 1 heterocycles. The summed E-state index contributed by atoms with van der Waals surface area (Å²) in [5.74, 6) is -0.373. The average Bonchev–Trinajstić information content (AvgIpc) is 3.01. The first kappa shape index (κ1) is 19.5. The SMILES string of the molecule is COC(=O)[C@@H](C)CC(C)=CCc1c(C#N)c2c(c(C)c1OC)COC2=O. The van der Waals surface area contributed by atoms with Crippen molar-refractivity contribution in [2.24, 2.45) is 5.92 Å². The van der Waals surface area contributed by atoms with E-state index in [1.165, 1.54) is 7.11 Å². The highest BCUT2D eigenvalue weighted by atomic mass is 16.5. The van der Waals surface area contributed by atoms with Gasteiger partial charge in [0.15, 0.2) is 0 Å². The van der Waals surface area contributed by atoms with E-state index in [2.05, 4.69) is 6.07 Å². The first-order valence-corrected chi connectivity index (χ1v) is 8.38. The average molecular weight is 357 g/mol. The van der Waals surface area contributed by atoms with Gasteiger partial charge in [-0.1, -0.05) is 18.6 Å². The highest BCUT2D eigenvalue weighted by Gasteiger charge is 2.31. The van der Waals surface area contributed by atoms with Gasteiger partial charge in [0.2, 0.25) is 0 Å². The van der Waals surface area contributed by atoms with E-state index >= 15 is 0 Å². The predicted molar refractivity (Wildman–Crippen MR) is 94.8 cm³/mol. The monoisotopic (exact) mass is 357 g/mol. The van der Waals surface area contributed by atoms with Crippen LogP contribution >= 0.6 is 0 Å². The third-order valence-corrected chi connectivity index (χ3v) is 4.67. The number of cyclic esters (lactones) is 1. The number of esters is 2. The van der Waals surface area contributed by atoms with E-state index in [-0.39, 0.29) is 18.5 Å². The molecule has 0 N–H and O–H groups in total. The Morgan fingerprint density at radius 1 is 1.42 bits per heavy atom. The summed E-state index contributed by atoms with van der Waals surface area (Å²) in [7, 11) is 2.92. The number of nitrogens with zero attached hydrogens (tertiary/aromatic N) is 1. The molecule has 0 bridgehead atoms. The number of ether oxygens (including phenoxy) is 3. The number of fused-ring (bicyclic) bond motifs is 1. The lowest BCUT2D eigenvalue weighted by atomic mass is 9.90. The topological polar surface area (TPSA) is 85.6 Å². The predicted octanol–water partition coefficient (Wildman–Crippen LogP) is 3.23. The van der Waals surface area contributed by atoms with Crippen molar-refractivity contribution >= 4 is 11.9 Å². The number of allylic oxidation sites excluding steroid dienone is 2. The molecule has 0 fully saturated rings. The quantitative estimate of drug-likeness (QED) is 0.574. The first-order valence-electron chi connectivity index (χ1n) is 8.38. The second kappa shape index (κ2) is 8.05. The van der Waals surface area contributed by atoms with Gasteiger partial charge in [0.25, 0.3) is 0 Å². The smallest absolute Gasteiger partial charge is 0.340 e. The minimum absolute atomic E-state index is 0.164. The molecule has 1 aromatic rings. The number of benzene rings is 1. The summed E-state index contributed by atoms with van der Waals surface area (Å²) in [5.41, 5.74) is 3.83. The normalized spacial score (nSPS) is 14.3. The second-order valence-electron chi connectivity index (χ2n) is 6.44. The Labute approximate surface area is 153 Å². The van der Waals surface area contributed by atoms with E-state index in [9.17, 15) is 14.9 Å². The highest BCUT2D eigenvalue weighted by molar-refractivity contribution is 5.97. The summed E-state index contributed by atoms with van der Waals surface area (Å²) >= 11 is 0. The number of hydrogen-bond donors (Lipinski definition) is 0. The number of carbonyl (C=O) groups excluding carboxylic acids is 2.